The van der Waals surface area contributed by atoms with Crippen LogP contribution in [0.15, 0.2) is 23.4 Å². The van der Waals surface area contributed by atoms with Crippen LogP contribution in [0.1, 0.15) is 6.92 Å². The van der Waals surface area contributed by atoms with Crippen LogP contribution in [0, 0.1) is 0 Å². The van der Waals surface area contributed by atoms with Crippen LogP contribution in [-0.4, -0.2) is 26.3 Å². The number of hydrazine groups is 1. The molecular formula is C9H10BrCl2N4O2+. The van der Waals surface area contributed by atoms with Gasteiger partial charge in [0.15, 0.2) is 0 Å². The number of hydrogen-bond acceptors (Lipinski definition) is 3. The molecule has 3 N–H and O–H groups in total. The molecule has 0 amide bonds. The molecule has 1 aromatic rings. The predicted molar refractivity (Wildman–Crippen MR) is 73.3 cm³/mol. The number of rotatable bonds is 3. The number of guanidine groups is 1. The van der Waals surface area contributed by atoms with E-state index in [1.54, 1.807) is 25.1 Å². The predicted octanol–water partition coefficient (Wildman–Crippen LogP) is 2.62. The molecule has 0 aliphatic carbocycles. The second kappa shape index (κ2) is 6.67. The molecule has 1 rings (SSSR count). The zero-order valence-electron chi connectivity index (χ0n) is 9.22. The van der Waals surface area contributed by atoms with Crippen LogP contribution in [-0.2, 0) is 0 Å². The molecule has 0 bridgehead atoms. The molecule has 0 aliphatic heterocycles. The molecule has 0 saturated heterocycles. The van der Waals surface area contributed by atoms with E-state index in [0.717, 1.165) is 8.88 Å². The Labute approximate surface area is 122 Å². The maximum Gasteiger partial charge on any atom is 0.307 e. The van der Waals surface area contributed by atoms with Crippen LogP contribution >= 0.6 is 39.3 Å². The largest absolute Gasteiger partial charge is 0.408 e. The first kappa shape index (κ1) is 14.9. The lowest BCUT2D eigenvalue weighted by atomic mass is 10.3. The minimum atomic E-state index is -0.240. The van der Waals surface area contributed by atoms with Crippen LogP contribution in [0.2, 0.25) is 10.0 Å². The highest BCUT2D eigenvalue weighted by Crippen LogP contribution is 2.32. The summed E-state index contributed by atoms with van der Waals surface area (Å²) in [5.74, 6) is 0.00500. The van der Waals surface area contributed by atoms with Crippen molar-refractivity contribution < 1.29 is 14.9 Å². The number of hydrogen-bond donors (Lipinski definition) is 2. The highest BCUT2D eigenvalue weighted by Gasteiger charge is 2.23. The molecule has 0 fully saturated rings. The van der Waals surface area contributed by atoms with Crippen LogP contribution in [0.5, 0.6) is 5.75 Å². The fraction of sp³-hybridized carbons (Fsp3) is 0.111. The summed E-state index contributed by atoms with van der Waals surface area (Å²) >= 11 is 14.9. The summed E-state index contributed by atoms with van der Waals surface area (Å²) in [4.78, 5) is 6.57. The summed E-state index contributed by atoms with van der Waals surface area (Å²) in [5.41, 5.74) is 5.39. The average molecular weight is 357 g/mol. The molecule has 0 radical (unpaired) electrons. The molecule has 1 aromatic carbocycles. The fourth-order valence-electron chi connectivity index (χ4n) is 0.991. The summed E-state index contributed by atoms with van der Waals surface area (Å²) in [7, 11) is 0. The molecule has 9 heteroatoms. The van der Waals surface area contributed by atoms with Crippen molar-refractivity contribution in [3.63, 3.8) is 0 Å². The van der Waals surface area contributed by atoms with Crippen LogP contribution in [0.25, 0.3) is 0 Å². The van der Waals surface area contributed by atoms with Crippen molar-refractivity contribution in [2.24, 2.45) is 10.9 Å². The van der Waals surface area contributed by atoms with Crippen molar-refractivity contribution in [3.8, 4) is 5.75 Å². The van der Waals surface area contributed by atoms with Crippen molar-refractivity contribution in [3.05, 3.63) is 28.2 Å². The number of nitrogens with zero attached hydrogens (tertiary/aromatic N) is 3. The number of hydrazone groups is 1. The summed E-state index contributed by atoms with van der Waals surface area (Å²) in [6.07, 6.45) is 1.51. The molecule has 0 unspecified atom stereocenters. The molecule has 0 aliphatic rings. The molecule has 0 heterocycles. The molecule has 0 saturated carbocycles. The van der Waals surface area contributed by atoms with Gasteiger partial charge in [0.05, 0.1) is 10.0 Å². The van der Waals surface area contributed by atoms with E-state index in [9.17, 15) is 0 Å². The molecule has 0 aromatic heterocycles. The first-order valence-corrected chi connectivity index (χ1v) is 6.11. The minimum Gasteiger partial charge on any atom is -0.408 e. The van der Waals surface area contributed by atoms with Crippen LogP contribution in [0.4, 0.5) is 0 Å². The lowest BCUT2D eigenvalue weighted by Crippen LogP contribution is -2.39. The third-order valence-electron chi connectivity index (χ3n) is 1.79. The smallest absolute Gasteiger partial charge is 0.307 e. The zero-order chi connectivity index (χ0) is 13.7. The number of benzene rings is 1. The SMILES string of the molecule is CC=[N+](Oc1c(Cl)cccc1Cl)N(Br)C(N)=NO. The van der Waals surface area contributed by atoms with Gasteiger partial charge in [-0.3, -0.25) is 0 Å². The standard InChI is InChI=1S/C9H9BrCl2N4O2/c1-2-15(16(10)9(13)14-17)18-8-6(11)4-3-5-7(8)12/h2-5H,1H3,(H2-,13,14,17)/p+1. The van der Waals surface area contributed by atoms with Gasteiger partial charge in [0, 0.05) is 6.92 Å². The summed E-state index contributed by atoms with van der Waals surface area (Å²) < 4.78 is 1.08. The lowest BCUT2D eigenvalue weighted by molar-refractivity contribution is -0.817. The van der Waals surface area contributed by atoms with E-state index in [1.165, 1.54) is 6.21 Å². The Morgan fingerprint density at radius 3 is 2.56 bits per heavy atom. The molecule has 98 valence electrons. The third kappa shape index (κ3) is 3.41. The molecule has 0 spiro atoms. The second-order valence-electron chi connectivity index (χ2n) is 2.92. The van der Waals surface area contributed by atoms with Crippen molar-refractivity contribution in [2.45, 2.75) is 6.92 Å². The Morgan fingerprint density at radius 1 is 1.56 bits per heavy atom. The fourth-order valence-corrected chi connectivity index (χ4v) is 1.78. The normalized spacial score (nSPS) is 12.4. The van der Waals surface area contributed by atoms with E-state index in [1.807, 2.05) is 0 Å². The zero-order valence-corrected chi connectivity index (χ0v) is 12.3. The van der Waals surface area contributed by atoms with Gasteiger partial charge in [-0.05, 0) is 21.3 Å². The Balaban J connectivity index is 3.02. The molecule has 6 nitrogen and oxygen atoms in total. The van der Waals surface area contributed by atoms with E-state index >= 15 is 0 Å². The van der Waals surface area contributed by atoms with Crippen LogP contribution in [0.3, 0.4) is 0 Å². The van der Waals surface area contributed by atoms with Gasteiger partial charge in [0.1, 0.15) is 21.0 Å². The number of halogens is 3. The molecule has 18 heavy (non-hydrogen) atoms. The second-order valence-corrected chi connectivity index (χ2v) is 4.41. The minimum absolute atomic E-state index is 0.240. The Kier molecular flexibility index (Phi) is 5.52. The first-order chi connectivity index (χ1) is 8.51. The van der Waals surface area contributed by atoms with Gasteiger partial charge in [-0.25, -0.2) is 4.84 Å². The number of para-hydroxylation sites is 1. The lowest BCUT2D eigenvalue weighted by Gasteiger charge is -2.10. The summed E-state index contributed by atoms with van der Waals surface area (Å²) in [6.45, 7) is 1.67. The van der Waals surface area contributed by atoms with E-state index < -0.39 is 0 Å². The van der Waals surface area contributed by atoms with Gasteiger partial charge < -0.3 is 10.9 Å². The van der Waals surface area contributed by atoms with Gasteiger partial charge in [0.25, 0.3) is 0 Å². The Morgan fingerprint density at radius 2 is 2.11 bits per heavy atom. The maximum atomic E-state index is 8.57. The topological polar surface area (TPSA) is 74.1 Å². The highest BCUT2D eigenvalue weighted by atomic mass is 79.9. The maximum absolute atomic E-state index is 8.57. The van der Waals surface area contributed by atoms with Crippen molar-refractivity contribution in [1.82, 2.24) is 4.03 Å². The van der Waals surface area contributed by atoms with E-state index in [2.05, 4.69) is 21.3 Å². The first-order valence-electron chi connectivity index (χ1n) is 4.65. The Hall–Kier alpha value is -1.18. The van der Waals surface area contributed by atoms with E-state index in [-0.39, 0.29) is 11.7 Å². The quantitative estimate of drug-likeness (QED) is 0.218. The van der Waals surface area contributed by atoms with Gasteiger partial charge >= 0.3 is 5.96 Å². The monoisotopic (exact) mass is 355 g/mol. The highest BCUT2D eigenvalue weighted by molar-refractivity contribution is 9.07. The van der Waals surface area contributed by atoms with Crippen LogP contribution < -0.4 is 10.6 Å². The summed E-state index contributed by atoms with van der Waals surface area (Å²) in [5, 5.41) is 12.0. The van der Waals surface area contributed by atoms with Crippen molar-refractivity contribution >= 4 is 51.5 Å². The molecule has 0 atom stereocenters. The average Bonchev–Trinajstić information content (AvgIpc) is 2.37. The molecular weight excluding hydrogens is 347 g/mol. The van der Waals surface area contributed by atoms with E-state index in [0.29, 0.717) is 10.0 Å². The van der Waals surface area contributed by atoms with Gasteiger partial charge in [-0.15, -0.1) is 0 Å². The third-order valence-corrected chi connectivity index (χ3v) is 3.06. The number of oxime groups is 1. The van der Waals surface area contributed by atoms with Gasteiger partial charge in [0.2, 0.25) is 12.0 Å². The van der Waals surface area contributed by atoms with Gasteiger partial charge in [-0.1, -0.05) is 29.3 Å². The summed E-state index contributed by atoms with van der Waals surface area (Å²) in [6, 6.07) is 4.93. The van der Waals surface area contributed by atoms with Gasteiger partial charge in [-0.2, -0.15) is 0 Å². The van der Waals surface area contributed by atoms with Crippen molar-refractivity contribution in [1.29, 1.82) is 0 Å². The van der Waals surface area contributed by atoms with Crippen molar-refractivity contribution in [2.75, 3.05) is 0 Å². The Bertz CT molecular complexity index is 475. The number of nitrogens with two attached hydrogens (primary N) is 1. The van der Waals surface area contributed by atoms with E-state index in [4.69, 9.17) is 39.0 Å².